The molecule has 1 aromatic rings. The molecule has 0 bridgehead atoms. The predicted molar refractivity (Wildman–Crippen MR) is 84.2 cm³/mol. The lowest BCUT2D eigenvalue weighted by Crippen LogP contribution is -2.32. The van der Waals surface area contributed by atoms with Gasteiger partial charge in [-0.1, -0.05) is 25.4 Å². The maximum Gasteiger partial charge on any atom is 0.251 e. The van der Waals surface area contributed by atoms with Crippen molar-refractivity contribution in [3.8, 4) is 0 Å². The topological polar surface area (TPSA) is 66.5 Å². The fourth-order valence-electron chi connectivity index (χ4n) is 1.89. The van der Waals surface area contributed by atoms with Gasteiger partial charge in [0.1, 0.15) is 4.90 Å². The molecule has 0 radical (unpaired) electrons. The van der Waals surface area contributed by atoms with E-state index in [0.717, 1.165) is 0 Å². The lowest BCUT2D eigenvalue weighted by atomic mass is 10.2. The first-order valence-electron chi connectivity index (χ1n) is 6.84. The Labute approximate surface area is 131 Å². The minimum atomic E-state index is -3.69. The predicted octanol–water partition coefficient (Wildman–Crippen LogP) is 2.51. The van der Waals surface area contributed by atoms with Crippen LogP contribution in [0.4, 0.5) is 0 Å². The van der Waals surface area contributed by atoms with Crippen molar-refractivity contribution in [3.05, 3.63) is 28.8 Å². The largest absolute Gasteiger partial charge is 0.350 e. The van der Waals surface area contributed by atoms with Crippen LogP contribution in [0.3, 0.4) is 0 Å². The van der Waals surface area contributed by atoms with Crippen LogP contribution < -0.4 is 5.32 Å². The number of carbonyl (C=O) groups is 1. The van der Waals surface area contributed by atoms with Crippen LogP contribution in [-0.2, 0) is 10.0 Å². The Kier molecular flexibility index (Phi) is 6.19. The molecule has 0 atom stereocenters. The highest BCUT2D eigenvalue weighted by Crippen LogP contribution is 2.25. The van der Waals surface area contributed by atoms with E-state index < -0.39 is 10.0 Å². The van der Waals surface area contributed by atoms with Crippen molar-refractivity contribution in [1.29, 1.82) is 0 Å². The van der Waals surface area contributed by atoms with Crippen molar-refractivity contribution >= 4 is 27.5 Å². The highest BCUT2D eigenvalue weighted by molar-refractivity contribution is 7.89. The maximum absolute atomic E-state index is 12.5. The lowest BCUT2D eigenvalue weighted by Gasteiger charge is -2.19. The zero-order valence-corrected chi connectivity index (χ0v) is 14.3. The quantitative estimate of drug-likeness (QED) is 0.870. The third-order valence-corrected chi connectivity index (χ3v) is 5.47. The first-order valence-corrected chi connectivity index (χ1v) is 8.66. The summed E-state index contributed by atoms with van der Waals surface area (Å²) in [6, 6.07) is 4.25. The third kappa shape index (κ3) is 4.18. The second kappa shape index (κ2) is 7.24. The molecule has 21 heavy (non-hydrogen) atoms. The molecule has 0 saturated carbocycles. The molecule has 0 unspecified atom stereocenters. The van der Waals surface area contributed by atoms with Gasteiger partial charge < -0.3 is 5.32 Å². The molecule has 0 aliphatic carbocycles. The number of rotatable bonds is 6. The van der Waals surface area contributed by atoms with E-state index in [2.05, 4.69) is 5.32 Å². The molecule has 1 amide bonds. The van der Waals surface area contributed by atoms with E-state index in [0.29, 0.717) is 13.1 Å². The molecule has 1 N–H and O–H groups in total. The SMILES string of the molecule is CCN(CC)S(=O)(=O)c1cc(C(=O)NC(C)C)ccc1Cl. The van der Waals surface area contributed by atoms with Gasteiger partial charge in [-0.15, -0.1) is 0 Å². The standard InChI is InChI=1S/C14H21ClN2O3S/c1-5-17(6-2)21(19,20)13-9-11(7-8-12(13)15)14(18)16-10(3)4/h7-10H,5-6H2,1-4H3,(H,16,18). The van der Waals surface area contributed by atoms with E-state index in [1.807, 2.05) is 13.8 Å². The molecule has 1 rings (SSSR count). The van der Waals surface area contributed by atoms with Gasteiger partial charge in [0, 0.05) is 24.7 Å². The van der Waals surface area contributed by atoms with E-state index in [-0.39, 0.29) is 27.4 Å². The summed E-state index contributed by atoms with van der Waals surface area (Å²) in [6.07, 6.45) is 0. The van der Waals surface area contributed by atoms with Crippen LogP contribution in [-0.4, -0.2) is 37.8 Å². The van der Waals surface area contributed by atoms with Crippen LogP contribution in [0.15, 0.2) is 23.1 Å². The zero-order valence-electron chi connectivity index (χ0n) is 12.7. The Hall–Kier alpha value is -1.11. The number of amides is 1. The second-order valence-electron chi connectivity index (χ2n) is 4.86. The van der Waals surface area contributed by atoms with Crippen molar-refractivity contribution in [2.45, 2.75) is 38.6 Å². The zero-order chi connectivity index (χ0) is 16.2. The van der Waals surface area contributed by atoms with Crippen molar-refractivity contribution in [3.63, 3.8) is 0 Å². The lowest BCUT2D eigenvalue weighted by molar-refractivity contribution is 0.0943. The van der Waals surface area contributed by atoms with Crippen LogP contribution >= 0.6 is 11.6 Å². The Balaban J connectivity index is 3.28. The van der Waals surface area contributed by atoms with Gasteiger partial charge >= 0.3 is 0 Å². The Morgan fingerprint density at radius 1 is 1.29 bits per heavy atom. The summed E-state index contributed by atoms with van der Waals surface area (Å²) in [6.45, 7) is 7.87. The smallest absolute Gasteiger partial charge is 0.251 e. The molecule has 5 nitrogen and oxygen atoms in total. The van der Waals surface area contributed by atoms with E-state index in [4.69, 9.17) is 11.6 Å². The highest BCUT2D eigenvalue weighted by atomic mass is 35.5. The first kappa shape index (κ1) is 17.9. The molecule has 0 aromatic heterocycles. The summed E-state index contributed by atoms with van der Waals surface area (Å²) in [7, 11) is -3.69. The molecule has 0 fully saturated rings. The molecule has 7 heteroatoms. The Morgan fingerprint density at radius 3 is 2.33 bits per heavy atom. The number of nitrogens with zero attached hydrogens (tertiary/aromatic N) is 1. The average molecular weight is 333 g/mol. The summed E-state index contributed by atoms with van der Waals surface area (Å²) in [5.41, 5.74) is 0.277. The molecule has 1 aromatic carbocycles. The van der Waals surface area contributed by atoms with Crippen molar-refractivity contribution in [2.75, 3.05) is 13.1 Å². The summed E-state index contributed by atoms with van der Waals surface area (Å²) in [4.78, 5) is 12.0. The van der Waals surface area contributed by atoms with Gasteiger partial charge in [0.05, 0.1) is 5.02 Å². The molecule has 0 saturated heterocycles. The summed E-state index contributed by atoms with van der Waals surface area (Å²) in [5, 5.41) is 2.84. The van der Waals surface area contributed by atoms with Gasteiger partial charge in [-0.2, -0.15) is 4.31 Å². The molecular formula is C14H21ClN2O3S. The number of halogens is 1. The third-order valence-electron chi connectivity index (χ3n) is 2.94. The average Bonchev–Trinajstić information content (AvgIpc) is 2.39. The highest BCUT2D eigenvalue weighted by Gasteiger charge is 2.25. The number of hydrogen-bond acceptors (Lipinski definition) is 3. The van der Waals surface area contributed by atoms with Gasteiger partial charge in [-0.25, -0.2) is 8.42 Å². The molecule has 0 spiro atoms. The first-order chi connectivity index (χ1) is 9.73. The summed E-state index contributed by atoms with van der Waals surface area (Å²) < 4.78 is 26.3. The van der Waals surface area contributed by atoms with E-state index in [1.165, 1.54) is 22.5 Å². The summed E-state index contributed by atoms with van der Waals surface area (Å²) in [5.74, 6) is -0.322. The van der Waals surface area contributed by atoms with Gasteiger partial charge in [0.2, 0.25) is 10.0 Å². The number of nitrogens with one attached hydrogen (secondary N) is 1. The van der Waals surface area contributed by atoms with Crippen LogP contribution in [0.1, 0.15) is 38.1 Å². The molecular weight excluding hydrogens is 312 g/mol. The fraction of sp³-hybridized carbons (Fsp3) is 0.500. The van der Waals surface area contributed by atoms with Gasteiger partial charge in [-0.3, -0.25) is 4.79 Å². The minimum absolute atomic E-state index is 0.0315. The van der Waals surface area contributed by atoms with Gasteiger partial charge in [0.15, 0.2) is 0 Å². The molecule has 118 valence electrons. The van der Waals surface area contributed by atoms with Crippen LogP contribution in [0, 0.1) is 0 Å². The van der Waals surface area contributed by atoms with Crippen molar-refractivity contribution in [1.82, 2.24) is 9.62 Å². The molecule has 0 heterocycles. The van der Waals surface area contributed by atoms with E-state index in [9.17, 15) is 13.2 Å². The van der Waals surface area contributed by atoms with E-state index >= 15 is 0 Å². The normalized spacial score (nSPS) is 12.0. The summed E-state index contributed by atoms with van der Waals surface area (Å²) >= 11 is 6.01. The fourth-order valence-corrected chi connectivity index (χ4v) is 3.85. The maximum atomic E-state index is 12.5. The molecule has 0 aliphatic heterocycles. The van der Waals surface area contributed by atoms with Crippen molar-refractivity contribution < 1.29 is 13.2 Å². The Bertz CT molecular complexity index is 611. The van der Waals surface area contributed by atoms with Crippen molar-refractivity contribution in [2.24, 2.45) is 0 Å². The van der Waals surface area contributed by atoms with Crippen LogP contribution in [0.5, 0.6) is 0 Å². The van der Waals surface area contributed by atoms with Crippen LogP contribution in [0.25, 0.3) is 0 Å². The van der Waals surface area contributed by atoms with Gasteiger partial charge in [0.25, 0.3) is 5.91 Å². The number of sulfonamides is 1. The van der Waals surface area contributed by atoms with E-state index in [1.54, 1.807) is 13.8 Å². The molecule has 0 aliphatic rings. The second-order valence-corrected chi connectivity index (χ2v) is 7.18. The number of carbonyl (C=O) groups excluding carboxylic acids is 1. The van der Waals surface area contributed by atoms with Gasteiger partial charge in [-0.05, 0) is 32.0 Å². The number of benzene rings is 1. The Morgan fingerprint density at radius 2 is 1.86 bits per heavy atom. The monoisotopic (exact) mass is 332 g/mol. The van der Waals surface area contributed by atoms with Crippen LogP contribution in [0.2, 0.25) is 5.02 Å². The minimum Gasteiger partial charge on any atom is -0.350 e. The number of hydrogen-bond donors (Lipinski definition) is 1.